The number of benzene rings is 2. The van der Waals surface area contributed by atoms with Crippen LogP contribution in [0, 0.1) is 13.8 Å². The topological polar surface area (TPSA) is 118 Å². The van der Waals surface area contributed by atoms with E-state index in [-0.39, 0.29) is 6.54 Å². The molecule has 140 valence electrons. The Bertz CT molecular complexity index is 737. The molecular weight excluding hydrogens is 334 g/mol. The van der Waals surface area contributed by atoms with Crippen LogP contribution in [0.2, 0.25) is 0 Å². The standard InChI is InChI=1S/C19H25N3O4/c1-12-8-15(20-10-17(24)19(26)18(25)11-23)16(9-13(12)2)22-21-14-6-4-3-5-7-14/h3-9,17-20,23-26H,10-11H2,1-2H3/t17-,18-,19-/m1/s1. The van der Waals surface area contributed by atoms with Crippen LogP contribution in [0.15, 0.2) is 52.7 Å². The highest BCUT2D eigenvalue weighted by atomic mass is 16.4. The van der Waals surface area contributed by atoms with Crippen molar-refractivity contribution in [3.63, 3.8) is 0 Å². The molecule has 0 fully saturated rings. The number of azo groups is 1. The van der Waals surface area contributed by atoms with E-state index in [1.807, 2.05) is 56.3 Å². The normalized spacial score (nSPS) is 15.0. The fourth-order valence-corrected chi connectivity index (χ4v) is 2.33. The number of hydrogen-bond acceptors (Lipinski definition) is 7. The molecular formula is C19H25N3O4. The molecule has 2 aromatic carbocycles. The maximum atomic E-state index is 9.97. The molecule has 5 N–H and O–H groups in total. The Kier molecular flexibility index (Phi) is 7.23. The number of rotatable bonds is 8. The van der Waals surface area contributed by atoms with Crippen LogP contribution in [0.5, 0.6) is 0 Å². The molecule has 0 spiro atoms. The lowest BCUT2D eigenvalue weighted by Gasteiger charge is -2.22. The first-order chi connectivity index (χ1) is 12.4. The van der Waals surface area contributed by atoms with Crippen LogP contribution in [-0.4, -0.2) is 51.9 Å². The van der Waals surface area contributed by atoms with Crippen LogP contribution >= 0.6 is 0 Å². The van der Waals surface area contributed by atoms with Crippen molar-refractivity contribution in [3.05, 3.63) is 53.6 Å². The molecule has 0 aliphatic heterocycles. The molecule has 2 aromatic rings. The average molecular weight is 359 g/mol. The number of aliphatic hydroxyl groups is 4. The van der Waals surface area contributed by atoms with Crippen molar-refractivity contribution in [2.24, 2.45) is 10.2 Å². The van der Waals surface area contributed by atoms with Crippen molar-refractivity contribution in [3.8, 4) is 0 Å². The molecule has 0 aliphatic rings. The van der Waals surface area contributed by atoms with Gasteiger partial charge in [0.25, 0.3) is 0 Å². The summed E-state index contributed by atoms with van der Waals surface area (Å²) in [5, 5.41) is 49.5. The van der Waals surface area contributed by atoms with Gasteiger partial charge in [0.1, 0.15) is 17.9 Å². The molecule has 0 aromatic heterocycles. The molecule has 0 saturated carbocycles. The Morgan fingerprint density at radius 2 is 1.58 bits per heavy atom. The molecule has 2 rings (SSSR count). The summed E-state index contributed by atoms with van der Waals surface area (Å²) in [5.74, 6) is 0. The van der Waals surface area contributed by atoms with Crippen LogP contribution in [0.25, 0.3) is 0 Å². The van der Waals surface area contributed by atoms with E-state index in [9.17, 15) is 15.3 Å². The lowest BCUT2D eigenvalue weighted by molar-refractivity contribution is -0.0715. The number of anilines is 1. The monoisotopic (exact) mass is 359 g/mol. The van der Waals surface area contributed by atoms with Gasteiger partial charge >= 0.3 is 0 Å². The first-order valence-corrected chi connectivity index (χ1v) is 8.39. The fraction of sp³-hybridized carbons (Fsp3) is 0.368. The van der Waals surface area contributed by atoms with Crippen molar-refractivity contribution in [2.45, 2.75) is 32.2 Å². The lowest BCUT2D eigenvalue weighted by Crippen LogP contribution is -2.42. The predicted molar refractivity (Wildman–Crippen MR) is 100 cm³/mol. The lowest BCUT2D eigenvalue weighted by atomic mass is 10.1. The van der Waals surface area contributed by atoms with E-state index in [1.165, 1.54) is 0 Å². The third kappa shape index (κ3) is 5.34. The van der Waals surface area contributed by atoms with Gasteiger partial charge in [-0.3, -0.25) is 0 Å². The van der Waals surface area contributed by atoms with E-state index in [1.54, 1.807) is 0 Å². The maximum Gasteiger partial charge on any atom is 0.110 e. The molecule has 0 unspecified atom stereocenters. The van der Waals surface area contributed by atoms with Gasteiger partial charge in [-0.2, -0.15) is 5.11 Å². The second kappa shape index (κ2) is 9.40. The zero-order valence-corrected chi connectivity index (χ0v) is 14.9. The van der Waals surface area contributed by atoms with Crippen LogP contribution < -0.4 is 5.32 Å². The molecule has 0 bridgehead atoms. The first-order valence-electron chi connectivity index (χ1n) is 8.39. The zero-order chi connectivity index (χ0) is 19.1. The van der Waals surface area contributed by atoms with E-state index in [0.717, 1.165) is 16.8 Å². The molecule has 7 heteroatoms. The van der Waals surface area contributed by atoms with Crippen LogP contribution in [0.3, 0.4) is 0 Å². The highest BCUT2D eigenvalue weighted by Crippen LogP contribution is 2.30. The Morgan fingerprint density at radius 1 is 0.923 bits per heavy atom. The minimum absolute atomic E-state index is 0.0193. The largest absolute Gasteiger partial charge is 0.394 e. The third-order valence-corrected chi connectivity index (χ3v) is 4.12. The third-order valence-electron chi connectivity index (χ3n) is 4.12. The summed E-state index contributed by atoms with van der Waals surface area (Å²) in [5.41, 5.74) is 4.06. The Morgan fingerprint density at radius 3 is 2.23 bits per heavy atom. The van der Waals surface area contributed by atoms with E-state index in [2.05, 4.69) is 15.5 Å². The number of aliphatic hydroxyl groups excluding tert-OH is 4. The summed E-state index contributed by atoms with van der Waals surface area (Å²) in [6, 6.07) is 13.1. The maximum absolute atomic E-state index is 9.97. The number of aryl methyl sites for hydroxylation is 2. The number of nitrogens with one attached hydrogen (secondary N) is 1. The highest BCUT2D eigenvalue weighted by molar-refractivity contribution is 5.68. The van der Waals surface area contributed by atoms with E-state index in [0.29, 0.717) is 11.4 Å². The first kappa shape index (κ1) is 20.0. The van der Waals surface area contributed by atoms with E-state index < -0.39 is 24.9 Å². The smallest absolute Gasteiger partial charge is 0.110 e. The molecule has 3 atom stereocenters. The zero-order valence-electron chi connectivity index (χ0n) is 14.9. The number of hydrogen-bond donors (Lipinski definition) is 5. The second-order valence-corrected chi connectivity index (χ2v) is 6.18. The molecule has 0 heterocycles. The quantitative estimate of drug-likeness (QED) is 0.463. The van der Waals surface area contributed by atoms with Gasteiger partial charge in [0.15, 0.2) is 0 Å². The Labute approximate surface area is 152 Å². The van der Waals surface area contributed by atoms with E-state index >= 15 is 0 Å². The molecule has 0 saturated heterocycles. The predicted octanol–water partition coefficient (Wildman–Crippen LogP) is 2.21. The highest BCUT2D eigenvalue weighted by Gasteiger charge is 2.24. The van der Waals surface area contributed by atoms with Gasteiger partial charge in [0.2, 0.25) is 0 Å². The molecule has 7 nitrogen and oxygen atoms in total. The Hall–Kier alpha value is -2.32. The van der Waals surface area contributed by atoms with E-state index in [4.69, 9.17) is 5.11 Å². The van der Waals surface area contributed by atoms with Gasteiger partial charge in [0.05, 0.1) is 24.1 Å². The molecule has 26 heavy (non-hydrogen) atoms. The van der Waals surface area contributed by atoms with Gasteiger partial charge in [0, 0.05) is 6.54 Å². The van der Waals surface area contributed by atoms with Crippen molar-refractivity contribution in [1.82, 2.24) is 0 Å². The minimum atomic E-state index is -1.45. The van der Waals surface area contributed by atoms with Gasteiger partial charge < -0.3 is 25.7 Å². The fourth-order valence-electron chi connectivity index (χ4n) is 2.33. The summed E-state index contributed by atoms with van der Waals surface area (Å²) in [6.07, 6.45) is -4.10. The summed E-state index contributed by atoms with van der Waals surface area (Å²) < 4.78 is 0. The van der Waals surface area contributed by atoms with Gasteiger partial charge in [-0.05, 0) is 49.2 Å². The van der Waals surface area contributed by atoms with Gasteiger partial charge in [-0.25, -0.2) is 0 Å². The van der Waals surface area contributed by atoms with Gasteiger partial charge in [-0.1, -0.05) is 18.2 Å². The molecule has 0 radical (unpaired) electrons. The van der Waals surface area contributed by atoms with Crippen molar-refractivity contribution >= 4 is 17.1 Å². The van der Waals surface area contributed by atoms with Gasteiger partial charge in [-0.15, -0.1) is 5.11 Å². The molecule has 0 aliphatic carbocycles. The second-order valence-electron chi connectivity index (χ2n) is 6.18. The summed E-state index contributed by atoms with van der Waals surface area (Å²) in [4.78, 5) is 0. The van der Waals surface area contributed by atoms with Crippen molar-refractivity contribution < 1.29 is 20.4 Å². The molecule has 0 amide bonds. The summed E-state index contributed by atoms with van der Waals surface area (Å²) >= 11 is 0. The van der Waals surface area contributed by atoms with Crippen molar-refractivity contribution in [1.29, 1.82) is 0 Å². The summed E-state index contributed by atoms with van der Waals surface area (Å²) in [6.45, 7) is 3.28. The van der Waals surface area contributed by atoms with Crippen LogP contribution in [0.1, 0.15) is 11.1 Å². The average Bonchev–Trinajstić information content (AvgIpc) is 2.66. The summed E-state index contributed by atoms with van der Waals surface area (Å²) in [7, 11) is 0. The Balaban J connectivity index is 2.17. The SMILES string of the molecule is Cc1cc(N=Nc2ccccc2)c(NC[C@@H](O)[C@@H](O)[C@H](O)CO)cc1C. The minimum Gasteiger partial charge on any atom is -0.394 e. The van der Waals surface area contributed by atoms with Crippen LogP contribution in [-0.2, 0) is 0 Å². The van der Waals surface area contributed by atoms with Crippen LogP contribution in [0.4, 0.5) is 17.1 Å². The van der Waals surface area contributed by atoms with Crippen molar-refractivity contribution in [2.75, 3.05) is 18.5 Å². The number of nitrogens with zero attached hydrogens (tertiary/aromatic N) is 2.